The highest BCUT2D eigenvalue weighted by Crippen LogP contribution is 2.23. The van der Waals surface area contributed by atoms with Gasteiger partial charge in [-0.3, -0.25) is 4.79 Å². The fourth-order valence-electron chi connectivity index (χ4n) is 6.99. The van der Waals surface area contributed by atoms with E-state index in [4.69, 9.17) is 18.9 Å². The molecule has 1 aliphatic heterocycles. The number of hydrogen-bond donors (Lipinski definition) is 4. The summed E-state index contributed by atoms with van der Waals surface area (Å²) >= 11 is 0. The quantitative estimate of drug-likeness (QED) is 0.0273. The lowest BCUT2D eigenvalue weighted by atomic mass is 9.99. The molecule has 0 aromatic heterocycles. The van der Waals surface area contributed by atoms with Gasteiger partial charge in [0.2, 0.25) is 0 Å². The van der Waals surface area contributed by atoms with Crippen molar-refractivity contribution in [2.45, 2.75) is 237 Å². The van der Waals surface area contributed by atoms with Gasteiger partial charge in [0.05, 0.1) is 19.8 Å². The molecule has 1 heterocycles. The van der Waals surface area contributed by atoms with Crippen molar-refractivity contribution < 1.29 is 44.2 Å². The van der Waals surface area contributed by atoms with E-state index in [9.17, 15) is 25.2 Å². The molecule has 0 bridgehead atoms. The largest absolute Gasteiger partial charge is 0.457 e. The number of rotatable bonds is 39. The smallest absolute Gasteiger partial charge is 0.306 e. The summed E-state index contributed by atoms with van der Waals surface area (Å²) in [5, 5.41) is 40.1. The molecule has 1 rings (SSSR count). The third-order valence-corrected chi connectivity index (χ3v) is 10.6. The van der Waals surface area contributed by atoms with E-state index in [-0.39, 0.29) is 19.2 Å². The molecule has 6 unspecified atom stereocenters. The molecule has 0 amide bonds. The maximum atomic E-state index is 12.8. The first-order chi connectivity index (χ1) is 26.9. The monoisotopic (exact) mass is 783 g/mol. The summed E-state index contributed by atoms with van der Waals surface area (Å²) in [6, 6.07) is 0. The summed E-state index contributed by atoms with van der Waals surface area (Å²) in [5.41, 5.74) is 0. The van der Waals surface area contributed by atoms with E-state index >= 15 is 0 Å². The fraction of sp³-hybridized carbons (Fsp3) is 0.891. The van der Waals surface area contributed by atoms with Crippen LogP contribution in [0.15, 0.2) is 24.3 Å². The normalized spacial score (nSPS) is 20.9. The van der Waals surface area contributed by atoms with Crippen LogP contribution in [0, 0.1) is 0 Å². The first-order valence-electron chi connectivity index (χ1n) is 22.9. The van der Waals surface area contributed by atoms with Gasteiger partial charge in [0, 0.05) is 13.0 Å². The Morgan fingerprint density at radius 3 is 1.60 bits per heavy atom. The zero-order valence-corrected chi connectivity index (χ0v) is 35.4. The van der Waals surface area contributed by atoms with Crippen LogP contribution in [-0.4, -0.2) is 89.6 Å². The molecule has 0 aliphatic carbocycles. The van der Waals surface area contributed by atoms with Gasteiger partial charge in [-0.25, -0.2) is 0 Å². The summed E-state index contributed by atoms with van der Waals surface area (Å²) in [6.45, 7) is 4.55. The number of hydrogen-bond acceptors (Lipinski definition) is 9. The van der Waals surface area contributed by atoms with Gasteiger partial charge in [0.25, 0.3) is 0 Å². The zero-order valence-electron chi connectivity index (χ0n) is 35.4. The third kappa shape index (κ3) is 29.5. The van der Waals surface area contributed by atoms with Crippen molar-refractivity contribution in [3.8, 4) is 0 Å². The van der Waals surface area contributed by atoms with Crippen LogP contribution < -0.4 is 0 Å². The molecule has 6 atom stereocenters. The number of carbonyl (C=O) groups is 1. The molecule has 9 heteroatoms. The van der Waals surface area contributed by atoms with E-state index < -0.39 is 43.4 Å². The van der Waals surface area contributed by atoms with Crippen molar-refractivity contribution in [1.82, 2.24) is 0 Å². The van der Waals surface area contributed by atoms with Crippen LogP contribution in [-0.2, 0) is 23.7 Å². The number of ether oxygens (including phenoxy) is 4. The Bertz CT molecular complexity index is 895. The molecular formula is C46H86O9. The van der Waals surface area contributed by atoms with Crippen LogP contribution in [0.5, 0.6) is 0 Å². The summed E-state index contributed by atoms with van der Waals surface area (Å²) < 4.78 is 22.8. The van der Waals surface area contributed by atoms with Crippen molar-refractivity contribution in [1.29, 1.82) is 0 Å². The van der Waals surface area contributed by atoms with Gasteiger partial charge in [-0.15, -0.1) is 0 Å². The van der Waals surface area contributed by atoms with Crippen molar-refractivity contribution in [2.75, 3.05) is 26.4 Å². The van der Waals surface area contributed by atoms with Gasteiger partial charge >= 0.3 is 5.97 Å². The van der Waals surface area contributed by atoms with Crippen LogP contribution in [0.2, 0.25) is 0 Å². The van der Waals surface area contributed by atoms with Crippen LogP contribution in [0.1, 0.15) is 200 Å². The van der Waals surface area contributed by atoms with Crippen LogP contribution in [0.25, 0.3) is 0 Å². The maximum Gasteiger partial charge on any atom is 0.306 e. The minimum absolute atomic E-state index is 0.111. The average molecular weight is 783 g/mol. The second-order valence-electron chi connectivity index (χ2n) is 15.9. The average Bonchev–Trinajstić information content (AvgIpc) is 3.18. The highest BCUT2D eigenvalue weighted by atomic mass is 16.7. The molecule has 0 radical (unpaired) electrons. The summed E-state index contributed by atoms with van der Waals surface area (Å²) in [6.07, 6.45) is 36.2. The van der Waals surface area contributed by atoms with Gasteiger partial charge in [-0.1, -0.05) is 173 Å². The second-order valence-corrected chi connectivity index (χ2v) is 15.9. The van der Waals surface area contributed by atoms with Crippen molar-refractivity contribution in [3.63, 3.8) is 0 Å². The molecule has 324 valence electrons. The van der Waals surface area contributed by atoms with Gasteiger partial charge in [-0.2, -0.15) is 0 Å². The molecule has 9 nitrogen and oxygen atoms in total. The van der Waals surface area contributed by atoms with Gasteiger partial charge in [-0.05, 0) is 44.9 Å². The van der Waals surface area contributed by atoms with E-state index in [1.807, 2.05) is 0 Å². The Labute approximate surface area is 337 Å². The Morgan fingerprint density at radius 1 is 0.582 bits per heavy atom. The Kier molecular flexibility index (Phi) is 35.9. The number of allylic oxidation sites excluding steroid dienone is 4. The molecule has 0 aromatic carbocycles. The lowest BCUT2D eigenvalue weighted by Gasteiger charge is -2.39. The van der Waals surface area contributed by atoms with E-state index in [2.05, 4.69) is 38.2 Å². The van der Waals surface area contributed by atoms with Gasteiger partial charge in [0.1, 0.15) is 30.5 Å². The van der Waals surface area contributed by atoms with Gasteiger partial charge in [0.15, 0.2) is 6.29 Å². The standard InChI is InChI=1S/C46H86O9/c1-3-5-7-9-11-13-15-17-18-19-20-21-22-23-25-27-29-31-33-35-42(48)54-40(39-53-46-45(51)44(50)43(49)41(37-47)55-46)38-52-36-34-32-30-28-26-24-16-14-12-10-8-6-4-2/h11,13,17-18,40-41,43-47,49-51H,3-10,12,14-16,19-39H2,1-2H3/b13-11-,18-17-. The lowest BCUT2D eigenvalue weighted by Crippen LogP contribution is -2.59. The topological polar surface area (TPSA) is 135 Å². The minimum atomic E-state index is -1.53. The molecule has 4 N–H and O–H groups in total. The number of esters is 1. The lowest BCUT2D eigenvalue weighted by molar-refractivity contribution is -0.305. The first kappa shape index (κ1) is 51.7. The molecule has 55 heavy (non-hydrogen) atoms. The van der Waals surface area contributed by atoms with Gasteiger partial charge < -0.3 is 39.4 Å². The minimum Gasteiger partial charge on any atom is -0.457 e. The Morgan fingerprint density at radius 2 is 1.05 bits per heavy atom. The molecule has 1 saturated heterocycles. The van der Waals surface area contributed by atoms with E-state index in [1.54, 1.807) is 0 Å². The zero-order chi connectivity index (χ0) is 40.0. The number of aliphatic hydroxyl groups is 4. The molecule has 0 aromatic rings. The molecular weight excluding hydrogens is 696 g/mol. The van der Waals surface area contributed by atoms with Crippen molar-refractivity contribution >= 4 is 5.97 Å². The molecule has 1 aliphatic rings. The summed E-state index contributed by atoms with van der Waals surface area (Å²) in [4.78, 5) is 12.8. The van der Waals surface area contributed by atoms with E-state index in [0.717, 1.165) is 38.5 Å². The van der Waals surface area contributed by atoms with Crippen LogP contribution in [0.4, 0.5) is 0 Å². The van der Waals surface area contributed by atoms with E-state index in [0.29, 0.717) is 13.0 Å². The van der Waals surface area contributed by atoms with Crippen LogP contribution >= 0.6 is 0 Å². The highest BCUT2D eigenvalue weighted by molar-refractivity contribution is 5.69. The summed E-state index contributed by atoms with van der Waals surface area (Å²) in [5.74, 6) is -0.316. The Balaban J connectivity index is 2.24. The number of aliphatic hydroxyl groups excluding tert-OH is 4. The maximum absolute atomic E-state index is 12.8. The Hall–Kier alpha value is -1.33. The number of carbonyl (C=O) groups excluding carboxylic acids is 1. The molecule has 0 spiro atoms. The predicted molar refractivity (Wildman–Crippen MR) is 224 cm³/mol. The summed E-state index contributed by atoms with van der Waals surface area (Å²) in [7, 11) is 0. The second kappa shape index (κ2) is 38.2. The highest BCUT2D eigenvalue weighted by Gasteiger charge is 2.44. The third-order valence-electron chi connectivity index (χ3n) is 10.6. The number of unbranched alkanes of at least 4 members (excludes halogenated alkanes) is 24. The van der Waals surface area contributed by atoms with E-state index in [1.165, 1.54) is 141 Å². The SMILES string of the molecule is CCCCC/C=C\C/C=C\CCCCCCCCCCCC(=O)OC(COCCCCCCCCCCCCCCC)COC1OC(CO)C(O)C(O)C1O. The molecule has 1 fully saturated rings. The predicted octanol–water partition coefficient (Wildman–Crippen LogP) is 10.2. The van der Waals surface area contributed by atoms with Crippen LogP contribution in [0.3, 0.4) is 0 Å². The first-order valence-corrected chi connectivity index (χ1v) is 22.9. The fourth-order valence-corrected chi connectivity index (χ4v) is 6.99. The van der Waals surface area contributed by atoms with Crippen molar-refractivity contribution in [2.24, 2.45) is 0 Å². The van der Waals surface area contributed by atoms with Crippen molar-refractivity contribution in [3.05, 3.63) is 24.3 Å². The molecule has 0 saturated carbocycles.